The fraction of sp³-hybridized carbons (Fsp3) is 0.500. The molecule has 154 valence electrons. The lowest BCUT2D eigenvalue weighted by molar-refractivity contribution is -0.129. The van der Waals surface area contributed by atoms with E-state index in [9.17, 15) is 9.59 Å². The van der Waals surface area contributed by atoms with Crippen molar-refractivity contribution in [3.05, 3.63) is 48.5 Å². The van der Waals surface area contributed by atoms with Gasteiger partial charge in [0, 0.05) is 63.3 Å². The van der Waals surface area contributed by atoms with Crippen LogP contribution in [0.2, 0.25) is 0 Å². The van der Waals surface area contributed by atoms with E-state index < -0.39 is 5.60 Å². The van der Waals surface area contributed by atoms with Crippen molar-refractivity contribution in [1.82, 2.24) is 19.8 Å². The molecule has 4 rings (SSSR count). The van der Waals surface area contributed by atoms with Crippen LogP contribution < -0.4 is 10.1 Å². The van der Waals surface area contributed by atoms with E-state index in [1.807, 2.05) is 49.0 Å². The Bertz CT molecular complexity index is 882. The third-order valence-electron chi connectivity index (χ3n) is 6.17. The van der Waals surface area contributed by atoms with Gasteiger partial charge in [-0.25, -0.2) is 4.98 Å². The van der Waals surface area contributed by atoms with Crippen LogP contribution in [0.5, 0.6) is 5.75 Å². The van der Waals surface area contributed by atoms with Crippen LogP contribution in [-0.4, -0.2) is 45.5 Å². The van der Waals surface area contributed by atoms with Crippen molar-refractivity contribution >= 4 is 11.8 Å². The number of imidazole rings is 1. The van der Waals surface area contributed by atoms with E-state index in [0.29, 0.717) is 32.2 Å². The Balaban J connectivity index is 1.52. The zero-order valence-corrected chi connectivity index (χ0v) is 17.0. The molecule has 2 aliphatic rings. The molecule has 1 aromatic heterocycles. The fourth-order valence-electron chi connectivity index (χ4n) is 4.36. The highest BCUT2D eigenvalue weighted by Gasteiger charge is 2.43. The summed E-state index contributed by atoms with van der Waals surface area (Å²) in [6.45, 7) is 2.67. The second-order valence-corrected chi connectivity index (χ2v) is 8.28. The number of para-hydroxylation sites is 1. The van der Waals surface area contributed by atoms with Crippen LogP contribution in [0, 0.1) is 0 Å². The minimum Gasteiger partial charge on any atom is -0.487 e. The number of likely N-dealkylation sites (tertiary alicyclic amines) is 1. The van der Waals surface area contributed by atoms with Crippen LogP contribution in [0.4, 0.5) is 0 Å². The van der Waals surface area contributed by atoms with Gasteiger partial charge in [-0.05, 0) is 19.4 Å². The lowest BCUT2D eigenvalue weighted by Crippen LogP contribution is -2.46. The van der Waals surface area contributed by atoms with E-state index in [0.717, 1.165) is 17.7 Å². The molecule has 7 heteroatoms. The second kappa shape index (κ2) is 7.89. The van der Waals surface area contributed by atoms with E-state index in [1.165, 1.54) is 0 Å². The van der Waals surface area contributed by atoms with Crippen molar-refractivity contribution in [3.8, 4) is 5.75 Å². The number of rotatable bonds is 4. The van der Waals surface area contributed by atoms with Crippen molar-refractivity contribution in [3.63, 3.8) is 0 Å². The highest BCUT2D eigenvalue weighted by molar-refractivity contribution is 5.77. The highest BCUT2D eigenvalue weighted by atomic mass is 16.5. The average Bonchev–Trinajstić information content (AvgIpc) is 3.21. The molecule has 1 fully saturated rings. The summed E-state index contributed by atoms with van der Waals surface area (Å²) in [6.07, 6.45) is 8.28. The molecule has 1 spiro atoms. The van der Waals surface area contributed by atoms with Gasteiger partial charge in [0.2, 0.25) is 11.8 Å². The summed E-state index contributed by atoms with van der Waals surface area (Å²) in [5.41, 5.74) is 0.577. The third kappa shape index (κ3) is 4.13. The summed E-state index contributed by atoms with van der Waals surface area (Å²) in [6, 6.07) is 7.80. The number of fused-ring (bicyclic) bond motifs is 1. The van der Waals surface area contributed by atoms with Crippen LogP contribution in [-0.2, 0) is 9.59 Å². The molecular formula is C22H28N4O3. The summed E-state index contributed by atoms with van der Waals surface area (Å²) in [4.78, 5) is 30.8. The molecule has 7 nitrogen and oxygen atoms in total. The summed E-state index contributed by atoms with van der Waals surface area (Å²) >= 11 is 0. The van der Waals surface area contributed by atoms with Crippen LogP contribution in [0.15, 0.2) is 43.0 Å². The topological polar surface area (TPSA) is 76.5 Å². The SMILES string of the molecule is C[C@@H](CC(=O)N[C@@H]1C[C@@]2(CCC(=O)N(C)CC2)Oc2ccccc21)n1ccnc1. The Kier molecular flexibility index (Phi) is 5.30. The molecule has 0 aliphatic carbocycles. The Morgan fingerprint density at radius 2 is 2.21 bits per heavy atom. The number of carbonyl (C=O) groups is 2. The normalized spacial score (nSPS) is 25.1. The molecule has 29 heavy (non-hydrogen) atoms. The Morgan fingerprint density at radius 1 is 1.38 bits per heavy atom. The molecule has 2 amide bonds. The zero-order chi connectivity index (χ0) is 20.4. The van der Waals surface area contributed by atoms with Gasteiger partial charge in [-0.2, -0.15) is 0 Å². The number of nitrogens with one attached hydrogen (secondary N) is 1. The first-order valence-electron chi connectivity index (χ1n) is 10.2. The highest BCUT2D eigenvalue weighted by Crippen LogP contribution is 2.44. The number of carbonyl (C=O) groups excluding carboxylic acids is 2. The maximum Gasteiger partial charge on any atom is 0.222 e. The molecule has 2 aliphatic heterocycles. The molecule has 0 bridgehead atoms. The van der Waals surface area contributed by atoms with Crippen LogP contribution in [0.3, 0.4) is 0 Å². The standard InChI is InChI=1S/C22H28N4O3/c1-16(26-12-10-23-15-26)13-20(27)24-18-14-22(8-7-21(28)25(2)11-9-22)29-19-6-4-3-5-17(18)19/h3-6,10,12,15-16,18H,7-9,11,13-14H2,1-2H3,(H,24,27)/t16-,18+,22-/m0/s1. The van der Waals surface area contributed by atoms with Gasteiger partial charge < -0.3 is 19.5 Å². The molecule has 0 saturated carbocycles. The molecular weight excluding hydrogens is 368 g/mol. The lowest BCUT2D eigenvalue weighted by Gasteiger charge is -2.42. The molecule has 2 aromatic rings. The molecule has 0 unspecified atom stereocenters. The maximum absolute atomic E-state index is 12.8. The minimum atomic E-state index is -0.428. The average molecular weight is 396 g/mol. The van der Waals surface area contributed by atoms with Gasteiger partial charge in [0.05, 0.1) is 12.4 Å². The first-order chi connectivity index (χ1) is 14.0. The first-order valence-corrected chi connectivity index (χ1v) is 10.2. The van der Waals surface area contributed by atoms with Gasteiger partial charge in [-0.1, -0.05) is 18.2 Å². The molecule has 1 saturated heterocycles. The molecule has 3 heterocycles. The fourth-order valence-corrected chi connectivity index (χ4v) is 4.36. The molecule has 1 N–H and O–H groups in total. The number of hydrogen-bond acceptors (Lipinski definition) is 4. The summed E-state index contributed by atoms with van der Waals surface area (Å²) < 4.78 is 8.38. The smallest absolute Gasteiger partial charge is 0.222 e. The largest absolute Gasteiger partial charge is 0.487 e. The van der Waals surface area contributed by atoms with Crippen molar-refractivity contribution in [2.45, 2.75) is 56.7 Å². The van der Waals surface area contributed by atoms with Gasteiger partial charge in [0.1, 0.15) is 11.4 Å². The molecule has 3 atom stereocenters. The number of ether oxygens (including phenoxy) is 1. The number of aromatic nitrogens is 2. The lowest BCUT2D eigenvalue weighted by atomic mass is 9.82. The Labute approximate surface area is 171 Å². The number of hydrogen-bond donors (Lipinski definition) is 1. The van der Waals surface area contributed by atoms with Crippen LogP contribution in [0.25, 0.3) is 0 Å². The Morgan fingerprint density at radius 3 is 3.00 bits per heavy atom. The van der Waals surface area contributed by atoms with Gasteiger partial charge >= 0.3 is 0 Å². The van der Waals surface area contributed by atoms with E-state index in [4.69, 9.17) is 4.74 Å². The first kappa shape index (κ1) is 19.5. The van der Waals surface area contributed by atoms with Gasteiger partial charge in [0.15, 0.2) is 0 Å². The zero-order valence-electron chi connectivity index (χ0n) is 17.0. The van der Waals surface area contributed by atoms with E-state index in [1.54, 1.807) is 17.4 Å². The van der Waals surface area contributed by atoms with Crippen LogP contribution >= 0.6 is 0 Å². The van der Waals surface area contributed by atoms with Gasteiger partial charge in [-0.15, -0.1) is 0 Å². The van der Waals surface area contributed by atoms with Gasteiger partial charge in [0.25, 0.3) is 0 Å². The van der Waals surface area contributed by atoms with Crippen molar-refractivity contribution in [2.75, 3.05) is 13.6 Å². The molecule has 0 radical (unpaired) electrons. The van der Waals surface area contributed by atoms with Crippen molar-refractivity contribution < 1.29 is 14.3 Å². The predicted octanol–water partition coefficient (Wildman–Crippen LogP) is 2.86. The minimum absolute atomic E-state index is 0.00451. The number of benzene rings is 1. The molecule has 1 aromatic carbocycles. The monoisotopic (exact) mass is 396 g/mol. The maximum atomic E-state index is 12.8. The van der Waals surface area contributed by atoms with E-state index in [-0.39, 0.29) is 23.9 Å². The predicted molar refractivity (Wildman–Crippen MR) is 108 cm³/mol. The number of amides is 2. The van der Waals surface area contributed by atoms with Crippen molar-refractivity contribution in [2.24, 2.45) is 0 Å². The van der Waals surface area contributed by atoms with Gasteiger partial charge in [-0.3, -0.25) is 9.59 Å². The summed E-state index contributed by atoms with van der Waals surface area (Å²) in [7, 11) is 1.84. The summed E-state index contributed by atoms with van der Waals surface area (Å²) in [5, 5.41) is 3.23. The number of nitrogens with zero attached hydrogens (tertiary/aromatic N) is 3. The quantitative estimate of drug-likeness (QED) is 0.862. The van der Waals surface area contributed by atoms with E-state index >= 15 is 0 Å². The van der Waals surface area contributed by atoms with Crippen LogP contribution in [0.1, 0.15) is 56.7 Å². The van der Waals surface area contributed by atoms with Crippen molar-refractivity contribution in [1.29, 1.82) is 0 Å². The Hall–Kier alpha value is -2.83. The second-order valence-electron chi connectivity index (χ2n) is 8.28. The summed E-state index contributed by atoms with van der Waals surface area (Å²) in [5.74, 6) is 0.965. The van der Waals surface area contributed by atoms with E-state index in [2.05, 4.69) is 10.3 Å². The third-order valence-corrected chi connectivity index (χ3v) is 6.17.